The van der Waals surface area contributed by atoms with Crippen molar-refractivity contribution in [3.8, 4) is 0 Å². The van der Waals surface area contributed by atoms with Crippen molar-refractivity contribution in [1.82, 2.24) is 15.1 Å². The number of carboxylic acid groups (broad SMARTS) is 1. The normalized spacial score (nSPS) is 15.6. The second-order valence-electron chi connectivity index (χ2n) is 6.71. The Bertz CT molecular complexity index is 704. The predicted octanol–water partition coefficient (Wildman–Crippen LogP) is 1.59. The molecule has 0 aliphatic carbocycles. The van der Waals surface area contributed by atoms with Gasteiger partial charge in [0.15, 0.2) is 0 Å². The van der Waals surface area contributed by atoms with Gasteiger partial charge in [0.1, 0.15) is 6.54 Å². The number of carbonyl (C=O) groups is 2. The van der Waals surface area contributed by atoms with Gasteiger partial charge in [-0.15, -0.1) is 0 Å². The summed E-state index contributed by atoms with van der Waals surface area (Å²) in [4.78, 5) is 26.9. The van der Waals surface area contributed by atoms with Crippen molar-refractivity contribution in [2.45, 2.75) is 6.04 Å². The van der Waals surface area contributed by atoms with Gasteiger partial charge in [0.2, 0.25) is 5.91 Å². The van der Waals surface area contributed by atoms with E-state index in [2.05, 4.69) is 63.6 Å². The van der Waals surface area contributed by atoms with Gasteiger partial charge in [-0.1, -0.05) is 60.7 Å². The maximum Gasteiger partial charge on any atom is 0.322 e. The number of aliphatic carboxylic acids is 1. The highest BCUT2D eigenvalue weighted by Gasteiger charge is 2.26. The number of carboxylic acids is 1. The molecule has 0 spiro atoms. The zero-order valence-electron chi connectivity index (χ0n) is 15.3. The van der Waals surface area contributed by atoms with Gasteiger partial charge in [0.05, 0.1) is 12.6 Å². The molecular weight excluding hydrogens is 342 g/mol. The molecule has 1 saturated heterocycles. The van der Waals surface area contributed by atoms with Crippen molar-refractivity contribution >= 4 is 11.9 Å². The van der Waals surface area contributed by atoms with Crippen LogP contribution in [0.3, 0.4) is 0 Å². The summed E-state index contributed by atoms with van der Waals surface area (Å²) in [6.45, 7) is 3.15. The lowest BCUT2D eigenvalue weighted by Crippen LogP contribution is -2.50. The van der Waals surface area contributed by atoms with Crippen LogP contribution >= 0.6 is 0 Å². The van der Waals surface area contributed by atoms with Gasteiger partial charge >= 0.3 is 5.97 Å². The van der Waals surface area contributed by atoms with Crippen LogP contribution in [0.1, 0.15) is 17.2 Å². The van der Waals surface area contributed by atoms with Gasteiger partial charge in [0, 0.05) is 26.2 Å². The molecule has 1 amide bonds. The van der Waals surface area contributed by atoms with Gasteiger partial charge in [-0.2, -0.15) is 0 Å². The average molecular weight is 367 g/mol. The molecule has 2 aromatic rings. The van der Waals surface area contributed by atoms with E-state index in [0.29, 0.717) is 0 Å². The lowest BCUT2D eigenvalue weighted by molar-refractivity contribution is -0.138. The Labute approximate surface area is 159 Å². The van der Waals surface area contributed by atoms with Crippen LogP contribution in [0.2, 0.25) is 0 Å². The molecule has 1 aliphatic heterocycles. The van der Waals surface area contributed by atoms with Crippen LogP contribution in [0.15, 0.2) is 60.7 Å². The highest BCUT2D eigenvalue weighted by molar-refractivity contribution is 5.82. The highest BCUT2D eigenvalue weighted by Crippen LogP contribution is 2.29. The molecule has 0 unspecified atom stereocenters. The monoisotopic (exact) mass is 367 g/mol. The molecule has 6 heteroatoms. The summed E-state index contributed by atoms with van der Waals surface area (Å²) in [5.41, 5.74) is 2.52. The fourth-order valence-corrected chi connectivity index (χ4v) is 3.50. The number of hydrogen-bond donors (Lipinski definition) is 2. The summed E-state index contributed by atoms with van der Waals surface area (Å²) in [6.07, 6.45) is 0. The highest BCUT2D eigenvalue weighted by atomic mass is 16.4. The molecule has 0 radical (unpaired) electrons. The van der Waals surface area contributed by atoms with Crippen LogP contribution < -0.4 is 5.32 Å². The first kappa shape index (κ1) is 19.1. The molecular formula is C21H25N3O3. The maximum absolute atomic E-state index is 11.8. The third-order valence-corrected chi connectivity index (χ3v) is 4.81. The minimum absolute atomic E-state index is 0.190. The summed E-state index contributed by atoms with van der Waals surface area (Å²) in [5, 5.41) is 11.1. The minimum Gasteiger partial charge on any atom is -0.480 e. The minimum atomic E-state index is -1.03. The molecule has 0 bridgehead atoms. The van der Waals surface area contributed by atoms with Crippen molar-refractivity contribution in [1.29, 1.82) is 0 Å². The quantitative estimate of drug-likeness (QED) is 0.778. The summed E-state index contributed by atoms with van der Waals surface area (Å²) in [6, 6.07) is 21.1. The molecule has 1 aliphatic rings. The van der Waals surface area contributed by atoms with Crippen molar-refractivity contribution < 1.29 is 14.7 Å². The number of nitrogens with zero attached hydrogens (tertiary/aromatic N) is 2. The fraction of sp³-hybridized carbons (Fsp3) is 0.333. The van der Waals surface area contributed by atoms with Crippen LogP contribution in [0.25, 0.3) is 0 Å². The first-order valence-corrected chi connectivity index (χ1v) is 9.18. The fourth-order valence-electron chi connectivity index (χ4n) is 3.50. The van der Waals surface area contributed by atoms with E-state index >= 15 is 0 Å². The lowest BCUT2D eigenvalue weighted by Gasteiger charge is -2.39. The van der Waals surface area contributed by atoms with E-state index in [1.807, 2.05) is 12.1 Å². The van der Waals surface area contributed by atoms with Crippen molar-refractivity contribution in [3.05, 3.63) is 71.8 Å². The number of benzene rings is 2. The Morgan fingerprint density at radius 2 is 1.41 bits per heavy atom. The van der Waals surface area contributed by atoms with Crippen LogP contribution in [0.5, 0.6) is 0 Å². The molecule has 142 valence electrons. The Morgan fingerprint density at radius 3 is 1.89 bits per heavy atom. The number of piperazine rings is 1. The molecule has 27 heavy (non-hydrogen) atoms. The van der Waals surface area contributed by atoms with Gasteiger partial charge < -0.3 is 10.4 Å². The Balaban J connectivity index is 1.63. The van der Waals surface area contributed by atoms with E-state index in [4.69, 9.17) is 5.11 Å². The maximum atomic E-state index is 11.8. The Morgan fingerprint density at radius 1 is 0.889 bits per heavy atom. The summed E-state index contributed by atoms with van der Waals surface area (Å²) in [7, 11) is 0. The van der Waals surface area contributed by atoms with E-state index in [9.17, 15) is 9.59 Å². The van der Waals surface area contributed by atoms with E-state index in [1.54, 1.807) is 0 Å². The van der Waals surface area contributed by atoms with E-state index in [0.717, 1.165) is 26.2 Å². The number of nitrogens with one attached hydrogen (secondary N) is 1. The van der Waals surface area contributed by atoms with Crippen LogP contribution in [0, 0.1) is 0 Å². The smallest absolute Gasteiger partial charge is 0.322 e. The largest absolute Gasteiger partial charge is 0.480 e. The average Bonchev–Trinajstić information content (AvgIpc) is 2.70. The van der Waals surface area contributed by atoms with Crippen molar-refractivity contribution in [2.24, 2.45) is 0 Å². The first-order chi connectivity index (χ1) is 13.1. The van der Waals surface area contributed by atoms with E-state index < -0.39 is 5.97 Å². The van der Waals surface area contributed by atoms with E-state index in [-0.39, 0.29) is 25.0 Å². The predicted molar refractivity (Wildman–Crippen MR) is 103 cm³/mol. The van der Waals surface area contributed by atoms with Crippen LogP contribution in [0.4, 0.5) is 0 Å². The molecule has 3 rings (SSSR count). The zero-order valence-corrected chi connectivity index (χ0v) is 15.3. The number of hydrogen-bond acceptors (Lipinski definition) is 4. The number of amides is 1. The summed E-state index contributed by atoms with van der Waals surface area (Å²) in [5.74, 6) is -1.27. The standard InChI is InChI=1S/C21H25N3O3/c25-19(22-15-20(26)27)16-23-11-13-24(14-12-23)21(17-7-3-1-4-8-17)18-9-5-2-6-10-18/h1-10,21H,11-16H2,(H,22,25)(H,26,27). The first-order valence-electron chi connectivity index (χ1n) is 9.18. The van der Waals surface area contributed by atoms with Crippen molar-refractivity contribution in [2.75, 3.05) is 39.3 Å². The molecule has 0 saturated carbocycles. The lowest BCUT2D eigenvalue weighted by atomic mass is 9.96. The van der Waals surface area contributed by atoms with Crippen LogP contribution in [-0.2, 0) is 9.59 Å². The second kappa shape index (κ2) is 9.30. The molecule has 1 fully saturated rings. The molecule has 1 heterocycles. The number of carbonyl (C=O) groups excluding carboxylic acids is 1. The van der Waals surface area contributed by atoms with Gasteiger partial charge in [0.25, 0.3) is 0 Å². The Kier molecular flexibility index (Phi) is 6.57. The Hall–Kier alpha value is -2.70. The molecule has 2 aromatic carbocycles. The topological polar surface area (TPSA) is 72.9 Å². The summed E-state index contributed by atoms with van der Waals surface area (Å²) >= 11 is 0. The number of rotatable bonds is 7. The molecule has 2 N–H and O–H groups in total. The third-order valence-electron chi connectivity index (χ3n) is 4.81. The van der Waals surface area contributed by atoms with Gasteiger partial charge in [-0.3, -0.25) is 19.4 Å². The SMILES string of the molecule is O=C(O)CNC(=O)CN1CCN(C(c2ccccc2)c2ccccc2)CC1. The second-order valence-corrected chi connectivity index (χ2v) is 6.71. The van der Waals surface area contributed by atoms with Crippen LogP contribution in [-0.4, -0.2) is 66.1 Å². The van der Waals surface area contributed by atoms with Gasteiger partial charge in [-0.05, 0) is 11.1 Å². The summed E-state index contributed by atoms with van der Waals surface area (Å²) < 4.78 is 0. The van der Waals surface area contributed by atoms with Gasteiger partial charge in [-0.25, -0.2) is 0 Å². The molecule has 0 atom stereocenters. The third kappa shape index (κ3) is 5.39. The molecule has 0 aromatic heterocycles. The van der Waals surface area contributed by atoms with Crippen molar-refractivity contribution in [3.63, 3.8) is 0 Å². The molecule has 6 nitrogen and oxygen atoms in total. The zero-order chi connectivity index (χ0) is 19.1. The van der Waals surface area contributed by atoms with E-state index in [1.165, 1.54) is 11.1 Å².